The summed E-state index contributed by atoms with van der Waals surface area (Å²) in [6.45, 7) is 0. The van der Waals surface area contributed by atoms with Crippen LogP contribution in [0.4, 0.5) is 4.39 Å². The molecule has 0 aliphatic heterocycles. The lowest BCUT2D eigenvalue weighted by Crippen LogP contribution is -2.34. The first-order valence-electron chi connectivity index (χ1n) is 6.89. The third-order valence-corrected chi connectivity index (χ3v) is 5.40. The summed E-state index contributed by atoms with van der Waals surface area (Å²) >= 11 is 0. The molecule has 0 bridgehead atoms. The van der Waals surface area contributed by atoms with Gasteiger partial charge in [0.05, 0.1) is 17.5 Å². The highest BCUT2D eigenvalue weighted by molar-refractivity contribution is 7.89. The number of ether oxygens (including phenoxy) is 1. The van der Waals surface area contributed by atoms with Crippen molar-refractivity contribution in [3.05, 3.63) is 59.9 Å². The fraction of sp³-hybridized carbons (Fsp3) is 0.250. The number of halogens is 1. The van der Waals surface area contributed by atoms with Gasteiger partial charge in [0, 0.05) is 0 Å². The first-order chi connectivity index (χ1) is 10.5. The maximum absolute atomic E-state index is 13.0. The van der Waals surface area contributed by atoms with Crippen LogP contribution in [0.3, 0.4) is 0 Å². The number of rotatable bonds is 5. The highest BCUT2D eigenvalue weighted by atomic mass is 32.2. The molecule has 0 aromatic heterocycles. The lowest BCUT2D eigenvalue weighted by atomic mass is 10.1. The van der Waals surface area contributed by atoms with Gasteiger partial charge in [0.2, 0.25) is 10.0 Å². The molecular formula is C16H16FNO3S. The first-order valence-corrected chi connectivity index (χ1v) is 8.38. The Balaban J connectivity index is 1.85. The Morgan fingerprint density at radius 3 is 2.14 bits per heavy atom. The van der Waals surface area contributed by atoms with Crippen molar-refractivity contribution in [3.63, 3.8) is 0 Å². The van der Waals surface area contributed by atoms with Crippen molar-refractivity contribution < 1.29 is 17.5 Å². The molecule has 0 radical (unpaired) electrons. The molecule has 6 heteroatoms. The summed E-state index contributed by atoms with van der Waals surface area (Å²) in [6.07, 6.45) is 1.40. The van der Waals surface area contributed by atoms with Crippen LogP contribution in [0.2, 0.25) is 0 Å². The molecule has 22 heavy (non-hydrogen) atoms. The van der Waals surface area contributed by atoms with Gasteiger partial charge in [0.1, 0.15) is 11.6 Å². The van der Waals surface area contributed by atoms with E-state index >= 15 is 0 Å². The highest BCUT2D eigenvalue weighted by Crippen LogP contribution is 2.46. The van der Waals surface area contributed by atoms with E-state index in [-0.39, 0.29) is 10.7 Å². The second-order valence-corrected chi connectivity index (χ2v) is 7.05. The van der Waals surface area contributed by atoms with Gasteiger partial charge in [-0.2, -0.15) is 0 Å². The van der Waals surface area contributed by atoms with Gasteiger partial charge in [-0.25, -0.2) is 17.5 Å². The van der Waals surface area contributed by atoms with E-state index in [9.17, 15) is 12.8 Å². The molecule has 1 fully saturated rings. The van der Waals surface area contributed by atoms with E-state index in [0.29, 0.717) is 18.6 Å². The summed E-state index contributed by atoms with van der Waals surface area (Å²) in [6, 6.07) is 12.1. The van der Waals surface area contributed by atoms with Crippen LogP contribution in [0.5, 0.6) is 5.75 Å². The quantitative estimate of drug-likeness (QED) is 0.921. The minimum absolute atomic E-state index is 0.182. The predicted molar refractivity (Wildman–Crippen MR) is 80.6 cm³/mol. The average molecular weight is 321 g/mol. The summed E-state index contributed by atoms with van der Waals surface area (Å²) in [5, 5.41) is 0. The molecule has 1 aliphatic rings. The van der Waals surface area contributed by atoms with E-state index in [4.69, 9.17) is 4.74 Å². The van der Waals surface area contributed by atoms with E-state index < -0.39 is 15.6 Å². The molecule has 0 heterocycles. The van der Waals surface area contributed by atoms with Gasteiger partial charge in [-0.1, -0.05) is 12.1 Å². The van der Waals surface area contributed by atoms with Crippen molar-refractivity contribution >= 4 is 10.0 Å². The topological polar surface area (TPSA) is 55.4 Å². The van der Waals surface area contributed by atoms with Crippen LogP contribution < -0.4 is 9.46 Å². The number of nitrogens with one attached hydrogen (secondary N) is 1. The number of methoxy groups -OCH3 is 1. The monoisotopic (exact) mass is 321 g/mol. The zero-order chi connectivity index (χ0) is 15.8. The molecule has 2 aromatic carbocycles. The van der Waals surface area contributed by atoms with E-state index in [0.717, 1.165) is 5.56 Å². The Morgan fingerprint density at radius 2 is 1.64 bits per heavy atom. The van der Waals surface area contributed by atoms with E-state index in [2.05, 4.69) is 4.72 Å². The zero-order valence-corrected chi connectivity index (χ0v) is 12.9. The van der Waals surface area contributed by atoms with Gasteiger partial charge in [-0.05, 0) is 54.8 Å². The second-order valence-electron chi connectivity index (χ2n) is 5.37. The first kappa shape index (κ1) is 15.0. The van der Waals surface area contributed by atoms with E-state index in [1.54, 1.807) is 24.3 Å². The predicted octanol–water partition coefficient (Wildman–Crippen LogP) is 2.80. The minimum Gasteiger partial charge on any atom is -0.497 e. The normalized spacial score (nSPS) is 16.3. The third kappa shape index (κ3) is 2.84. The molecular weight excluding hydrogens is 305 g/mol. The van der Waals surface area contributed by atoms with Crippen molar-refractivity contribution in [2.24, 2.45) is 0 Å². The smallest absolute Gasteiger partial charge is 0.241 e. The van der Waals surface area contributed by atoms with Crippen LogP contribution in [-0.2, 0) is 15.6 Å². The van der Waals surface area contributed by atoms with Crippen molar-refractivity contribution in [1.29, 1.82) is 0 Å². The van der Waals surface area contributed by atoms with Crippen LogP contribution in [0.1, 0.15) is 18.4 Å². The molecule has 1 N–H and O–H groups in total. The largest absolute Gasteiger partial charge is 0.497 e. The summed E-state index contributed by atoms with van der Waals surface area (Å²) in [5.41, 5.74) is 0.165. The van der Waals surface area contributed by atoms with E-state index in [1.165, 1.54) is 31.4 Å². The highest BCUT2D eigenvalue weighted by Gasteiger charge is 2.47. The Labute approximate surface area is 129 Å². The van der Waals surface area contributed by atoms with E-state index in [1.807, 2.05) is 0 Å². The Bertz CT molecular complexity index is 766. The van der Waals surface area contributed by atoms with Gasteiger partial charge < -0.3 is 4.74 Å². The molecule has 0 atom stereocenters. The Morgan fingerprint density at radius 1 is 1.05 bits per heavy atom. The van der Waals surface area contributed by atoms with Crippen LogP contribution >= 0.6 is 0 Å². The maximum Gasteiger partial charge on any atom is 0.241 e. The average Bonchev–Trinajstić information content (AvgIpc) is 3.28. The molecule has 2 aromatic rings. The molecule has 0 spiro atoms. The van der Waals surface area contributed by atoms with Crippen LogP contribution in [-0.4, -0.2) is 15.5 Å². The maximum atomic E-state index is 13.0. The van der Waals surface area contributed by atoms with Gasteiger partial charge in [0.15, 0.2) is 0 Å². The zero-order valence-electron chi connectivity index (χ0n) is 12.0. The second kappa shape index (κ2) is 5.37. The summed E-state index contributed by atoms with van der Waals surface area (Å²) in [5.74, 6) is 0.260. The SMILES string of the molecule is COc1ccc(S(=O)(=O)NC2(c3ccc(F)cc3)CC2)cc1. The molecule has 3 rings (SSSR count). The van der Waals surface area contributed by atoms with Gasteiger partial charge in [-0.3, -0.25) is 0 Å². The lowest BCUT2D eigenvalue weighted by Gasteiger charge is -2.18. The lowest BCUT2D eigenvalue weighted by molar-refractivity contribution is 0.414. The molecule has 0 saturated heterocycles. The third-order valence-electron chi connectivity index (χ3n) is 3.85. The molecule has 0 unspecified atom stereocenters. The molecule has 116 valence electrons. The Kier molecular flexibility index (Phi) is 3.66. The van der Waals surface area contributed by atoms with Crippen molar-refractivity contribution in [3.8, 4) is 5.75 Å². The van der Waals surface area contributed by atoms with Crippen LogP contribution in [0.15, 0.2) is 53.4 Å². The summed E-state index contributed by atoms with van der Waals surface area (Å²) in [4.78, 5) is 0.182. The number of hydrogen-bond donors (Lipinski definition) is 1. The minimum atomic E-state index is -3.64. The summed E-state index contributed by atoms with van der Waals surface area (Å²) < 4.78 is 45.8. The number of sulfonamides is 1. The van der Waals surface area contributed by atoms with Crippen molar-refractivity contribution in [2.45, 2.75) is 23.3 Å². The van der Waals surface area contributed by atoms with Crippen LogP contribution in [0, 0.1) is 5.82 Å². The molecule has 4 nitrogen and oxygen atoms in total. The number of hydrogen-bond acceptors (Lipinski definition) is 3. The molecule has 0 amide bonds. The van der Waals surface area contributed by atoms with Gasteiger partial charge in [-0.15, -0.1) is 0 Å². The fourth-order valence-electron chi connectivity index (χ4n) is 2.41. The standard InChI is InChI=1S/C16H16FNO3S/c1-21-14-6-8-15(9-7-14)22(19,20)18-16(10-11-16)12-2-4-13(17)5-3-12/h2-9,18H,10-11H2,1H3. The van der Waals surface area contributed by atoms with Crippen LogP contribution in [0.25, 0.3) is 0 Å². The van der Waals surface area contributed by atoms with Gasteiger partial charge >= 0.3 is 0 Å². The van der Waals surface area contributed by atoms with Gasteiger partial charge in [0.25, 0.3) is 0 Å². The number of benzene rings is 2. The van der Waals surface area contributed by atoms with Crippen molar-refractivity contribution in [2.75, 3.05) is 7.11 Å². The summed E-state index contributed by atoms with van der Waals surface area (Å²) in [7, 11) is -2.11. The fourth-order valence-corrected chi connectivity index (χ4v) is 3.86. The molecule has 1 saturated carbocycles. The van der Waals surface area contributed by atoms with Crippen molar-refractivity contribution in [1.82, 2.24) is 4.72 Å². The Hall–Kier alpha value is -1.92. The molecule has 1 aliphatic carbocycles.